The standard InChI is InChI=1S/C17H22N4O3/c18-11-13-14-7-6-10-20(14)17(24)21(16(13)23)12-15(22)19-8-4-2-1-3-5-9-19/h1-10,12H2. The summed E-state index contributed by atoms with van der Waals surface area (Å²) in [4.78, 5) is 39.3. The second kappa shape index (κ2) is 7.04. The predicted octanol–water partition coefficient (Wildman–Crippen LogP) is 0.621. The first-order valence-corrected chi connectivity index (χ1v) is 8.68. The molecule has 7 nitrogen and oxygen atoms in total. The maximum atomic E-state index is 12.6. The molecule has 0 radical (unpaired) electrons. The van der Waals surface area contributed by atoms with E-state index in [0.717, 1.165) is 36.7 Å². The Morgan fingerprint density at radius 3 is 2.33 bits per heavy atom. The third kappa shape index (κ3) is 3.01. The van der Waals surface area contributed by atoms with Crippen molar-refractivity contribution in [3.63, 3.8) is 0 Å². The van der Waals surface area contributed by atoms with Gasteiger partial charge in [-0.25, -0.2) is 9.36 Å². The van der Waals surface area contributed by atoms with Crippen LogP contribution in [0, 0.1) is 11.3 Å². The quantitative estimate of drug-likeness (QED) is 0.795. The number of nitrogens with zero attached hydrogens (tertiary/aromatic N) is 4. The highest BCUT2D eigenvalue weighted by Crippen LogP contribution is 2.14. The summed E-state index contributed by atoms with van der Waals surface area (Å²) in [6.45, 7) is 1.57. The van der Waals surface area contributed by atoms with E-state index in [1.54, 1.807) is 4.90 Å². The number of fused-ring (bicyclic) bond motifs is 1. The van der Waals surface area contributed by atoms with Crippen LogP contribution in [0.15, 0.2) is 9.59 Å². The van der Waals surface area contributed by atoms with E-state index in [4.69, 9.17) is 0 Å². The molecule has 2 aliphatic rings. The minimum atomic E-state index is -0.629. The van der Waals surface area contributed by atoms with Gasteiger partial charge in [0.15, 0.2) is 0 Å². The lowest BCUT2D eigenvalue weighted by Crippen LogP contribution is -2.46. The Balaban J connectivity index is 1.90. The van der Waals surface area contributed by atoms with Gasteiger partial charge in [-0.15, -0.1) is 0 Å². The molecule has 1 aromatic heterocycles. The van der Waals surface area contributed by atoms with Gasteiger partial charge >= 0.3 is 5.69 Å². The number of carbonyl (C=O) groups is 1. The monoisotopic (exact) mass is 330 g/mol. The van der Waals surface area contributed by atoms with Crippen LogP contribution >= 0.6 is 0 Å². The molecule has 0 unspecified atom stereocenters. The SMILES string of the molecule is N#Cc1c2n(c(=O)n(CC(=O)N3CCCCCCC3)c1=O)CCC2. The Morgan fingerprint density at radius 2 is 1.67 bits per heavy atom. The van der Waals surface area contributed by atoms with Crippen LogP contribution in [0.3, 0.4) is 0 Å². The van der Waals surface area contributed by atoms with Gasteiger partial charge in [0.05, 0.1) is 0 Å². The second-order valence-corrected chi connectivity index (χ2v) is 6.51. The van der Waals surface area contributed by atoms with Crippen LogP contribution in [0.1, 0.15) is 49.8 Å². The zero-order valence-electron chi connectivity index (χ0n) is 13.8. The maximum Gasteiger partial charge on any atom is 0.331 e. The van der Waals surface area contributed by atoms with Gasteiger partial charge in [0.25, 0.3) is 5.56 Å². The molecular formula is C17H22N4O3. The van der Waals surface area contributed by atoms with Crippen LogP contribution in [0.5, 0.6) is 0 Å². The van der Waals surface area contributed by atoms with Crippen molar-refractivity contribution in [3.8, 4) is 6.07 Å². The Bertz CT molecular complexity index is 792. The number of likely N-dealkylation sites (tertiary alicyclic amines) is 1. The van der Waals surface area contributed by atoms with Crippen molar-refractivity contribution in [3.05, 3.63) is 32.1 Å². The first kappa shape index (κ1) is 16.5. The number of hydrogen-bond acceptors (Lipinski definition) is 4. The zero-order chi connectivity index (χ0) is 17.1. The zero-order valence-corrected chi connectivity index (χ0v) is 13.8. The van der Waals surface area contributed by atoms with Crippen LogP contribution in [0.2, 0.25) is 0 Å². The third-order valence-electron chi connectivity index (χ3n) is 4.94. The van der Waals surface area contributed by atoms with Crippen LogP contribution in [-0.4, -0.2) is 33.0 Å². The number of amides is 1. The number of aromatic nitrogens is 2. The van der Waals surface area contributed by atoms with Crippen LogP contribution < -0.4 is 11.2 Å². The van der Waals surface area contributed by atoms with Crippen molar-refractivity contribution < 1.29 is 4.79 Å². The molecule has 3 rings (SSSR count). The lowest BCUT2D eigenvalue weighted by atomic mass is 10.1. The fraction of sp³-hybridized carbons (Fsp3) is 0.647. The highest BCUT2D eigenvalue weighted by molar-refractivity contribution is 5.76. The van der Waals surface area contributed by atoms with Crippen LogP contribution in [0.4, 0.5) is 0 Å². The van der Waals surface area contributed by atoms with Gasteiger partial charge in [-0.05, 0) is 25.7 Å². The van der Waals surface area contributed by atoms with E-state index in [2.05, 4.69) is 0 Å². The molecule has 2 aliphatic heterocycles. The van der Waals surface area contributed by atoms with Crippen LogP contribution in [-0.2, 0) is 24.3 Å². The molecule has 24 heavy (non-hydrogen) atoms. The first-order chi connectivity index (χ1) is 11.6. The summed E-state index contributed by atoms with van der Waals surface area (Å²) in [6, 6.07) is 1.92. The molecule has 0 spiro atoms. The average Bonchev–Trinajstić information content (AvgIpc) is 3.01. The summed E-state index contributed by atoms with van der Waals surface area (Å²) < 4.78 is 2.41. The van der Waals surface area contributed by atoms with Gasteiger partial charge in [0, 0.05) is 25.3 Å². The van der Waals surface area contributed by atoms with Crippen molar-refractivity contribution in [2.45, 2.75) is 58.0 Å². The van der Waals surface area contributed by atoms with E-state index in [9.17, 15) is 19.6 Å². The van der Waals surface area contributed by atoms with Gasteiger partial charge in [0.1, 0.15) is 18.2 Å². The molecule has 7 heteroatoms. The average molecular weight is 330 g/mol. The van der Waals surface area contributed by atoms with E-state index in [1.807, 2.05) is 6.07 Å². The molecule has 0 atom stereocenters. The predicted molar refractivity (Wildman–Crippen MR) is 87.7 cm³/mol. The Morgan fingerprint density at radius 1 is 1.00 bits per heavy atom. The van der Waals surface area contributed by atoms with Crippen molar-refractivity contribution in [1.29, 1.82) is 5.26 Å². The van der Waals surface area contributed by atoms with Gasteiger partial charge in [0.2, 0.25) is 5.91 Å². The normalized spacial score (nSPS) is 17.7. The van der Waals surface area contributed by atoms with Crippen LogP contribution in [0.25, 0.3) is 0 Å². The molecule has 3 heterocycles. The van der Waals surface area contributed by atoms with Gasteiger partial charge in [-0.3, -0.25) is 14.2 Å². The van der Waals surface area contributed by atoms with Crippen molar-refractivity contribution in [2.75, 3.05) is 13.1 Å². The molecule has 0 aliphatic carbocycles. The smallest absolute Gasteiger partial charge is 0.331 e. The Labute approximate surface area is 140 Å². The molecular weight excluding hydrogens is 308 g/mol. The highest BCUT2D eigenvalue weighted by Gasteiger charge is 2.24. The molecule has 1 aromatic rings. The summed E-state index contributed by atoms with van der Waals surface area (Å²) in [5.74, 6) is -0.210. The van der Waals surface area contributed by atoms with Crippen molar-refractivity contribution in [1.82, 2.24) is 14.0 Å². The highest BCUT2D eigenvalue weighted by atomic mass is 16.2. The third-order valence-corrected chi connectivity index (χ3v) is 4.94. The van der Waals surface area contributed by atoms with E-state index in [1.165, 1.54) is 11.0 Å². The van der Waals surface area contributed by atoms with E-state index >= 15 is 0 Å². The maximum absolute atomic E-state index is 12.6. The van der Waals surface area contributed by atoms with E-state index in [0.29, 0.717) is 31.7 Å². The van der Waals surface area contributed by atoms with Gasteiger partial charge in [-0.1, -0.05) is 19.3 Å². The Hall–Kier alpha value is -2.36. The topological polar surface area (TPSA) is 88.1 Å². The minimum absolute atomic E-state index is 0.00701. The minimum Gasteiger partial charge on any atom is -0.341 e. The molecule has 0 N–H and O–H groups in total. The molecule has 1 saturated heterocycles. The summed E-state index contributed by atoms with van der Waals surface area (Å²) in [6.07, 6.45) is 6.61. The molecule has 128 valence electrons. The van der Waals surface area contributed by atoms with E-state index < -0.39 is 11.2 Å². The summed E-state index contributed by atoms with van der Waals surface area (Å²) in [5, 5.41) is 9.28. The molecule has 1 amide bonds. The summed E-state index contributed by atoms with van der Waals surface area (Å²) >= 11 is 0. The lowest BCUT2D eigenvalue weighted by molar-refractivity contribution is -0.132. The number of rotatable bonds is 2. The molecule has 0 saturated carbocycles. The largest absolute Gasteiger partial charge is 0.341 e. The second-order valence-electron chi connectivity index (χ2n) is 6.51. The lowest BCUT2D eigenvalue weighted by Gasteiger charge is -2.25. The fourth-order valence-corrected chi connectivity index (χ4v) is 3.62. The molecule has 0 aromatic carbocycles. The van der Waals surface area contributed by atoms with Crippen molar-refractivity contribution in [2.24, 2.45) is 0 Å². The molecule has 0 bridgehead atoms. The fourth-order valence-electron chi connectivity index (χ4n) is 3.62. The first-order valence-electron chi connectivity index (χ1n) is 8.68. The number of carbonyl (C=O) groups excluding carboxylic acids is 1. The molecule has 1 fully saturated rings. The Kier molecular flexibility index (Phi) is 4.84. The van der Waals surface area contributed by atoms with Crippen molar-refractivity contribution >= 4 is 5.91 Å². The van der Waals surface area contributed by atoms with Gasteiger partial charge < -0.3 is 4.90 Å². The summed E-state index contributed by atoms with van der Waals surface area (Å²) in [7, 11) is 0. The van der Waals surface area contributed by atoms with Gasteiger partial charge in [-0.2, -0.15) is 5.26 Å². The number of nitriles is 1. The summed E-state index contributed by atoms with van der Waals surface area (Å²) in [5.41, 5.74) is -0.571. The van der Waals surface area contributed by atoms with E-state index in [-0.39, 0.29) is 18.0 Å². The number of hydrogen-bond donors (Lipinski definition) is 0.